The Kier molecular flexibility index (Phi) is 2.89. The Labute approximate surface area is 107 Å². The van der Waals surface area contributed by atoms with Gasteiger partial charge >= 0.3 is 0 Å². The number of nitrogens with one attached hydrogen (secondary N) is 1. The first-order valence-electron chi connectivity index (χ1n) is 5.60. The molecule has 1 N–H and O–H groups in total. The summed E-state index contributed by atoms with van der Waals surface area (Å²) in [6.45, 7) is 2.45. The summed E-state index contributed by atoms with van der Waals surface area (Å²) >= 11 is 1.59. The number of hydrogen-bond donors (Lipinski definition) is 1. The topological polar surface area (TPSA) is 76.7 Å². The van der Waals surface area contributed by atoms with Crippen molar-refractivity contribution in [1.29, 1.82) is 0 Å². The zero-order valence-corrected chi connectivity index (χ0v) is 10.6. The molecule has 0 aliphatic rings. The molecule has 3 heterocycles. The molecule has 0 aromatic carbocycles. The highest BCUT2D eigenvalue weighted by Gasteiger charge is 2.07. The summed E-state index contributed by atoms with van der Waals surface area (Å²) < 4.78 is 5.11. The van der Waals surface area contributed by atoms with Gasteiger partial charge in [0.1, 0.15) is 17.0 Å². The normalized spacial score (nSPS) is 10.9. The highest BCUT2D eigenvalue weighted by molar-refractivity contribution is 7.16. The van der Waals surface area contributed by atoms with Gasteiger partial charge in [0.25, 0.3) is 0 Å². The Morgan fingerprint density at radius 3 is 3.17 bits per heavy atom. The number of aromatic nitrogens is 4. The number of thiophene rings is 1. The second kappa shape index (κ2) is 4.69. The fraction of sp³-hybridized carbons (Fsp3) is 0.273. The first-order chi connectivity index (χ1) is 8.86. The Bertz CT molecular complexity index is 662. The first kappa shape index (κ1) is 11.1. The lowest BCUT2D eigenvalue weighted by atomic mass is 10.4. The second-order valence-corrected chi connectivity index (χ2v) is 4.57. The van der Waals surface area contributed by atoms with Gasteiger partial charge in [-0.2, -0.15) is 4.98 Å². The predicted molar refractivity (Wildman–Crippen MR) is 68.4 cm³/mol. The molecule has 0 aliphatic carbocycles. The van der Waals surface area contributed by atoms with Crippen molar-refractivity contribution in [3.63, 3.8) is 0 Å². The molecule has 3 rings (SSSR count). The molecule has 0 atom stereocenters. The highest BCUT2D eigenvalue weighted by atomic mass is 32.1. The molecule has 18 heavy (non-hydrogen) atoms. The Morgan fingerprint density at radius 2 is 2.33 bits per heavy atom. The summed E-state index contributed by atoms with van der Waals surface area (Å²) in [7, 11) is 0. The second-order valence-electron chi connectivity index (χ2n) is 3.67. The molecule has 3 aromatic heterocycles. The smallest absolute Gasteiger partial charge is 0.245 e. The van der Waals surface area contributed by atoms with Crippen LogP contribution >= 0.6 is 11.3 Å². The van der Waals surface area contributed by atoms with Crippen molar-refractivity contribution >= 4 is 27.4 Å². The predicted octanol–water partition coefficient (Wildman–Crippen LogP) is 2.25. The van der Waals surface area contributed by atoms with Gasteiger partial charge in [0.2, 0.25) is 5.89 Å². The summed E-state index contributed by atoms with van der Waals surface area (Å²) in [6.07, 6.45) is 2.32. The number of rotatable bonds is 4. The van der Waals surface area contributed by atoms with Crippen LogP contribution < -0.4 is 5.32 Å². The molecule has 0 fully saturated rings. The van der Waals surface area contributed by atoms with Gasteiger partial charge in [0.05, 0.1) is 11.9 Å². The largest absolute Gasteiger partial charge is 0.360 e. The van der Waals surface area contributed by atoms with Gasteiger partial charge < -0.3 is 9.84 Å². The molecule has 0 bridgehead atoms. The van der Waals surface area contributed by atoms with E-state index in [0.717, 1.165) is 28.3 Å². The molecule has 0 saturated heterocycles. The van der Waals surface area contributed by atoms with E-state index < -0.39 is 0 Å². The van der Waals surface area contributed by atoms with Gasteiger partial charge in [-0.1, -0.05) is 12.1 Å². The molecule has 0 radical (unpaired) electrons. The van der Waals surface area contributed by atoms with Gasteiger partial charge in [-0.25, -0.2) is 9.97 Å². The zero-order valence-electron chi connectivity index (χ0n) is 9.75. The fourth-order valence-corrected chi connectivity index (χ4v) is 2.33. The van der Waals surface area contributed by atoms with Crippen LogP contribution in [-0.4, -0.2) is 20.1 Å². The number of aryl methyl sites for hydroxylation is 1. The highest BCUT2D eigenvalue weighted by Crippen LogP contribution is 2.23. The van der Waals surface area contributed by atoms with Gasteiger partial charge in [-0.15, -0.1) is 11.3 Å². The van der Waals surface area contributed by atoms with E-state index in [1.807, 2.05) is 18.4 Å². The zero-order chi connectivity index (χ0) is 12.4. The third kappa shape index (κ3) is 2.04. The van der Waals surface area contributed by atoms with Crippen molar-refractivity contribution in [3.05, 3.63) is 29.5 Å². The third-order valence-electron chi connectivity index (χ3n) is 2.50. The monoisotopic (exact) mass is 261 g/mol. The van der Waals surface area contributed by atoms with E-state index in [1.54, 1.807) is 17.7 Å². The maximum Gasteiger partial charge on any atom is 0.245 e. The lowest BCUT2D eigenvalue weighted by Gasteiger charge is -2.02. The van der Waals surface area contributed by atoms with Crippen LogP contribution in [0.15, 0.2) is 22.3 Å². The lowest BCUT2D eigenvalue weighted by Crippen LogP contribution is -2.02. The molecule has 0 amide bonds. The van der Waals surface area contributed by atoms with Crippen LogP contribution in [0.5, 0.6) is 0 Å². The number of anilines is 1. The molecular weight excluding hydrogens is 250 g/mol. The van der Waals surface area contributed by atoms with Gasteiger partial charge in [0.15, 0.2) is 5.82 Å². The van der Waals surface area contributed by atoms with Crippen LogP contribution in [0.3, 0.4) is 0 Å². The van der Waals surface area contributed by atoms with Crippen molar-refractivity contribution in [2.45, 2.75) is 19.9 Å². The van der Waals surface area contributed by atoms with Gasteiger partial charge in [-0.05, 0) is 11.4 Å². The molecule has 0 spiro atoms. The van der Waals surface area contributed by atoms with Gasteiger partial charge in [-0.3, -0.25) is 0 Å². The third-order valence-corrected chi connectivity index (χ3v) is 3.32. The van der Waals surface area contributed by atoms with Gasteiger partial charge in [0, 0.05) is 6.42 Å². The van der Waals surface area contributed by atoms with Crippen molar-refractivity contribution in [2.24, 2.45) is 0 Å². The fourth-order valence-electron chi connectivity index (χ4n) is 1.60. The standard InChI is InChI=1S/C11H11N5OS/c1-2-8-15-9(17-16-8)5-12-10-7-3-4-18-11(7)14-6-13-10/h3-4,6H,2,5H2,1H3,(H,12,13,14). The molecule has 92 valence electrons. The van der Waals surface area contributed by atoms with E-state index in [4.69, 9.17) is 4.52 Å². The SMILES string of the molecule is CCc1noc(CNc2ncnc3sccc23)n1. The summed E-state index contributed by atoms with van der Waals surface area (Å²) in [5.41, 5.74) is 0. The quantitative estimate of drug-likeness (QED) is 0.776. The molecular formula is C11H11N5OS. The molecule has 0 aliphatic heterocycles. The van der Waals surface area contributed by atoms with Crippen LogP contribution in [0, 0.1) is 0 Å². The number of nitrogens with zero attached hydrogens (tertiary/aromatic N) is 4. The maximum atomic E-state index is 5.11. The summed E-state index contributed by atoms with van der Waals surface area (Å²) in [6, 6.07) is 1.99. The lowest BCUT2D eigenvalue weighted by molar-refractivity contribution is 0.378. The number of fused-ring (bicyclic) bond motifs is 1. The van der Waals surface area contributed by atoms with Crippen LogP contribution in [0.25, 0.3) is 10.2 Å². The molecule has 6 nitrogen and oxygen atoms in total. The van der Waals surface area contributed by atoms with E-state index in [2.05, 4.69) is 25.4 Å². The van der Waals surface area contributed by atoms with Crippen molar-refractivity contribution in [3.8, 4) is 0 Å². The van der Waals surface area contributed by atoms with Crippen molar-refractivity contribution in [2.75, 3.05) is 5.32 Å². The van der Waals surface area contributed by atoms with E-state index in [1.165, 1.54) is 0 Å². The minimum atomic E-state index is 0.467. The molecule has 0 unspecified atom stereocenters. The van der Waals surface area contributed by atoms with E-state index in [-0.39, 0.29) is 0 Å². The summed E-state index contributed by atoms with van der Waals surface area (Å²) in [5.74, 6) is 2.07. The molecule has 3 aromatic rings. The van der Waals surface area contributed by atoms with E-state index in [0.29, 0.717) is 12.4 Å². The summed E-state index contributed by atoms with van der Waals surface area (Å²) in [5, 5.41) is 10.0. The van der Waals surface area contributed by atoms with Crippen LogP contribution in [0.1, 0.15) is 18.6 Å². The van der Waals surface area contributed by atoms with Crippen molar-refractivity contribution in [1.82, 2.24) is 20.1 Å². The molecule has 7 heteroatoms. The average Bonchev–Trinajstić information content (AvgIpc) is 3.05. The van der Waals surface area contributed by atoms with E-state index in [9.17, 15) is 0 Å². The minimum absolute atomic E-state index is 0.467. The minimum Gasteiger partial charge on any atom is -0.360 e. The molecule has 0 saturated carbocycles. The van der Waals surface area contributed by atoms with Crippen LogP contribution in [0.4, 0.5) is 5.82 Å². The Balaban J connectivity index is 1.78. The number of hydrogen-bond acceptors (Lipinski definition) is 7. The maximum absolute atomic E-state index is 5.11. The first-order valence-corrected chi connectivity index (χ1v) is 6.48. The van der Waals surface area contributed by atoms with Crippen LogP contribution in [-0.2, 0) is 13.0 Å². The van der Waals surface area contributed by atoms with E-state index >= 15 is 0 Å². The summed E-state index contributed by atoms with van der Waals surface area (Å²) in [4.78, 5) is 13.6. The Hall–Kier alpha value is -2.02. The van der Waals surface area contributed by atoms with Crippen LogP contribution in [0.2, 0.25) is 0 Å². The Morgan fingerprint density at radius 1 is 1.39 bits per heavy atom. The average molecular weight is 261 g/mol. The van der Waals surface area contributed by atoms with Crippen molar-refractivity contribution < 1.29 is 4.52 Å².